The zero-order chi connectivity index (χ0) is 13.3. The van der Waals surface area contributed by atoms with Crippen LogP contribution in [0, 0.1) is 5.41 Å². The predicted molar refractivity (Wildman–Crippen MR) is 54.8 cm³/mol. The lowest BCUT2D eigenvalue weighted by atomic mass is 9.94. The molecular formula is C8H10F3N3O2S. The minimum Gasteiger partial charge on any atom is -0.481 e. The highest BCUT2D eigenvalue weighted by Gasteiger charge is 2.36. The van der Waals surface area contributed by atoms with E-state index in [1.54, 1.807) is 0 Å². The average Bonchev–Trinajstić information content (AvgIpc) is 2.62. The summed E-state index contributed by atoms with van der Waals surface area (Å²) in [5.74, 6) is -2.27. The standard InChI is InChI=1S/C8H10F3N3O2S/c1-7(2,5(15)16)3-12-6-13-4(14-17-6)8(9,10)11/h3H2,1-2H3,(H,15,16)(H,12,13,14). The quantitative estimate of drug-likeness (QED) is 0.875. The fourth-order valence-corrected chi connectivity index (χ4v) is 1.36. The van der Waals surface area contributed by atoms with Crippen LogP contribution in [0.3, 0.4) is 0 Å². The summed E-state index contributed by atoms with van der Waals surface area (Å²) >= 11 is 0.544. The number of hydrogen-bond donors (Lipinski definition) is 2. The summed E-state index contributed by atoms with van der Waals surface area (Å²) in [5, 5.41) is 11.3. The van der Waals surface area contributed by atoms with E-state index in [0.717, 1.165) is 0 Å². The molecule has 1 aromatic rings. The van der Waals surface area contributed by atoms with Crippen LogP contribution in [0.4, 0.5) is 18.3 Å². The third-order valence-electron chi connectivity index (χ3n) is 1.94. The van der Waals surface area contributed by atoms with Crippen LogP contribution in [0.5, 0.6) is 0 Å². The molecule has 1 aromatic heterocycles. The zero-order valence-electron chi connectivity index (χ0n) is 9.00. The van der Waals surface area contributed by atoms with E-state index < -0.39 is 23.4 Å². The molecule has 0 atom stereocenters. The number of rotatable bonds is 4. The van der Waals surface area contributed by atoms with Gasteiger partial charge < -0.3 is 10.4 Å². The van der Waals surface area contributed by atoms with Crippen molar-refractivity contribution >= 4 is 22.6 Å². The van der Waals surface area contributed by atoms with Crippen LogP contribution < -0.4 is 5.32 Å². The molecule has 5 nitrogen and oxygen atoms in total. The lowest BCUT2D eigenvalue weighted by Gasteiger charge is -2.18. The van der Waals surface area contributed by atoms with Crippen LogP contribution in [0.2, 0.25) is 0 Å². The SMILES string of the molecule is CC(C)(CNc1nc(C(F)(F)F)ns1)C(=O)O. The van der Waals surface area contributed by atoms with Crippen molar-refractivity contribution in [1.29, 1.82) is 0 Å². The van der Waals surface area contributed by atoms with Gasteiger partial charge in [-0.3, -0.25) is 4.79 Å². The summed E-state index contributed by atoms with van der Waals surface area (Å²) in [7, 11) is 0. The minimum absolute atomic E-state index is 0.0329. The van der Waals surface area contributed by atoms with Crippen molar-refractivity contribution in [1.82, 2.24) is 9.36 Å². The molecule has 2 N–H and O–H groups in total. The Morgan fingerprint density at radius 1 is 1.47 bits per heavy atom. The van der Waals surface area contributed by atoms with Gasteiger partial charge in [-0.15, -0.1) is 0 Å². The monoisotopic (exact) mass is 269 g/mol. The molecule has 0 aliphatic carbocycles. The van der Waals surface area contributed by atoms with Crippen molar-refractivity contribution in [2.75, 3.05) is 11.9 Å². The second-order valence-electron chi connectivity index (χ2n) is 3.96. The van der Waals surface area contributed by atoms with Crippen LogP contribution >= 0.6 is 11.5 Å². The predicted octanol–water partition coefficient (Wildman–Crippen LogP) is 2.08. The van der Waals surface area contributed by atoms with E-state index >= 15 is 0 Å². The van der Waals surface area contributed by atoms with Gasteiger partial charge in [0, 0.05) is 18.1 Å². The molecule has 1 rings (SSSR count). The highest BCUT2D eigenvalue weighted by atomic mass is 32.1. The third kappa shape index (κ3) is 3.55. The van der Waals surface area contributed by atoms with Crippen molar-refractivity contribution in [3.05, 3.63) is 5.82 Å². The number of nitrogens with zero attached hydrogens (tertiary/aromatic N) is 2. The number of anilines is 1. The summed E-state index contributed by atoms with van der Waals surface area (Å²) in [6, 6.07) is 0. The molecule has 0 saturated heterocycles. The Labute approximate surface area is 98.8 Å². The summed E-state index contributed by atoms with van der Waals surface area (Å²) < 4.78 is 39.6. The van der Waals surface area contributed by atoms with Crippen molar-refractivity contribution in [2.24, 2.45) is 5.41 Å². The smallest absolute Gasteiger partial charge is 0.452 e. The van der Waals surface area contributed by atoms with Gasteiger partial charge in [0.05, 0.1) is 5.41 Å². The van der Waals surface area contributed by atoms with E-state index in [1.807, 2.05) is 0 Å². The maximum absolute atomic E-state index is 12.2. The van der Waals surface area contributed by atoms with E-state index in [2.05, 4.69) is 14.7 Å². The summed E-state index contributed by atoms with van der Waals surface area (Å²) in [5.41, 5.74) is -1.09. The average molecular weight is 269 g/mol. The molecule has 0 aromatic carbocycles. The second kappa shape index (κ2) is 4.47. The molecule has 1 heterocycles. The van der Waals surface area contributed by atoms with E-state index in [-0.39, 0.29) is 11.7 Å². The number of nitrogens with one attached hydrogen (secondary N) is 1. The summed E-state index contributed by atoms with van der Waals surface area (Å²) in [4.78, 5) is 14.0. The highest BCUT2D eigenvalue weighted by Crippen LogP contribution is 2.29. The number of aliphatic carboxylic acids is 1. The van der Waals surface area contributed by atoms with Crippen LogP contribution in [0.15, 0.2) is 0 Å². The second-order valence-corrected chi connectivity index (χ2v) is 4.72. The van der Waals surface area contributed by atoms with Crippen molar-refractivity contribution in [3.63, 3.8) is 0 Å². The number of hydrogen-bond acceptors (Lipinski definition) is 5. The molecule has 0 spiro atoms. The molecule has 9 heteroatoms. The Morgan fingerprint density at radius 3 is 2.47 bits per heavy atom. The molecule has 0 bridgehead atoms. The highest BCUT2D eigenvalue weighted by molar-refractivity contribution is 7.09. The maximum Gasteiger partial charge on any atom is 0.452 e. The topological polar surface area (TPSA) is 75.1 Å². The Balaban J connectivity index is 2.66. The summed E-state index contributed by atoms with van der Waals surface area (Å²) in [6.07, 6.45) is -4.58. The first-order valence-electron chi connectivity index (χ1n) is 4.51. The van der Waals surface area contributed by atoms with E-state index in [9.17, 15) is 18.0 Å². The van der Waals surface area contributed by atoms with Gasteiger partial charge in [-0.25, -0.2) is 0 Å². The molecule has 0 radical (unpaired) electrons. The third-order valence-corrected chi connectivity index (χ3v) is 2.61. The van der Waals surface area contributed by atoms with Crippen LogP contribution in [0.25, 0.3) is 0 Å². The zero-order valence-corrected chi connectivity index (χ0v) is 9.82. The molecule has 96 valence electrons. The number of alkyl halides is 3. The number of carbonyl (C=O) groups is 1. The maximum atomic E-state index is 12.2. The number of carboxylic acids is 1. The van der Waals surface area contributed by atoms with Gasteiger partial charge in [-0.2, -0.15) is 22.5 Å². The lowest BCUT2D eigenvalue weighted by molar-refractivity contribution is -0.146. The molecule has 0 fully saturated rings. The number of halogens is 3. The van der Waals surface area contributed by atoms with Gasteiger partial charge in [0.15, 0.2) is 0 Å². The normalized spacial score (nSPS) is 12.5. The van der Waals surface area contributed by atoms with E-state index in [1.165, 1.54) is 13.8 Å². The molecule has 0 amide bonds. The van der Waals surface area contributed by atoms with Crippen molar-refractivity contribution in [3.8, 4) is 0 Å². The largest absolute Gasteiger partial charge is 0.481 e. The van der Waals surface area contributed by atoms with E-state index in [0.29, 0.717) is 11.5 Å². The van der Waals surface area contributed by atoms with Crippen molar-refractivity contribution < 1.29 is 23.1 Å². The molecule has 17 heavy (non-hydrogen) atoms. The molecular weight excluding hydrogens is 259 g/mol. The van der Waals surface area contributed by atoms with Crippen LogP contribution in [-0.2, 0) is 11.0 Å². The van der Waals surface area contributed by atoms with Gasteiger partial charge in [0.1, 0.15) is 0 Å². The van der Waals surface area contributed by atoms with Crippen LogP contribution in [0.1, 0.15) is 19.7 Å². The van der Waals surface area contributed by atoms with Gasteiger partial charge in [-0.05, 0) is 13.8 Å². The Morgan fingerprint density at radius 2 is 2.06 bits per heavy atom. The Kier molecular flexibility index (Phi) is 3.60. The van der Waals surface area contributed by atoms with Gasteiger partial charge >= 0.3 is 12.1 Å². The molecule has 0 unspecified atom stereocenters. The van der Waals surface area contributed by atoms with Crippen molar-refractivity contribution in [2.45, 2.75) is 20.0 Å². The van der Waals surface area contributed by atoms with Gasteiger partial charge in [0.25, 0.3) is 0 Å². The molecule has 0 aliphatic rings. The Bertz CT molecular complexity index is 416. The fourth-order valence-electron chi connectivity index (χ4n) is 0.783. The van der Waals surface area contributed by atoms with E-state index in [4.69, 9.17) is 5.11 Å². The molecule has 0 aliphatic heterocycles. The fraction of sp³-hybridized carbons (Fsp3) is 0.625. The summed E-state index contributed by atoms with van der Waals surface area (Å²) in [6.45, 7) is 2.87. The first-order valence-corrected chi connectivity index (χ1v) is 5.28. The van der Waals surface area contributed by atoms with Gasteiger partial charge in [-0.1, -0.05) is 0 Å². The number of aromatic nitrogens is 2. The number of carboxylic acid groups (broad SMARTS) is 1. The lowest BCUT2D eigenvalue weighted by Crippen LogP contribution is -2.31. The minimum atomic E-state index is -4.58. The van der Waals surface area contributed by atoms with Crippen LogP contribution in [-0.4, -0.2) is 27.0 Å². The first kappa shape index (κ1) is 13.7. The molecule has 0 saturated carbocycles. The van der Waals surface area contributed by atoms with Gasteiger partial charge in [0.2, 0.25) is 11.0 Å². The first-order chi connectivity index (χ1) is 7.63. The Hall–Kier alpha value is -1.38.